The topological polar surface area (TPSA) is 67.3 Å². The van der Waals surface area contributed by atoms with Crippen LogP contribution in [0.1, 0.15) is 22.5 Å². The number of benzene rings is 1. The molecule has 2 heterocycles. The molecule has 3 rings (SSSR count). The van der Waals surface area contributed by atoms with Crippen molar-refractivity contribution in [3.8, 4) is 0 Å². The van der Waals surface area contributed by atoms with Gasteiger partial charge in [0.1, 0.15) is 5.82 Å². The van der Waals surface area contributed by atoms with Crippen molar-refractivity contribution < 1.29 is 17.6 Å². The largest absolute Gasteiger partial charge is 0.338 e. The molecule has 122 valence electrons. The van der Waals surface area contributed by atoms with Crippen LogP contribution in [0.25, 0.3) is 10.9 Å². The number of pyridine rings is 1. The molecule has 1 fully saturated rings. The number of fused-ring (bicyclic) bond motifs is 1. The van der Waals surface area contributed by atoms with Crippen LogP contribution in [0.4, 0.5) is 4.39 Å². The number of carbonyl (C=O) groups is 1. The molecule has 5 nitrogen and oxygen atoms in total. The Hall–Kier alpha value is -2.02. The molecule has 0 unspecified atom stereocenters. The van der Waals surface area contributed by atoms with Crippen LogP contribution in [0.3, 0.4) is 0 Å². The lowest BCUT2D eigenvalue weighted by molar-refractivity contribution is 0.0749. The molecule has 1 atom stereocenters. The maximum atomic E-state index is 13.4. The highest BCUT2D eigenvalue weighted by Gasteiger charge is 2.33. The fourth-order valence-electron chi connectivity index (χ4n) is 2.95. The minimum absolute atomic E-state index is 0.00807. The average molecular weight is 336 g/mol. The highest BCUT2D eigenvalue weighted by Crippen LogP contribution is 2.24. The molecule has 23 heavy (non-hydrogen) atoms. The van der Waals surface area contributed by atoms with Crippen LogP contribution in [0.15, 0.2) is 24.3 Å². The molecule has 0 bridgehead atoms. The Morgan fingerprint density at radius 2 is 2.09 bits per heavy atom. The second-order valence-corrected chi connectivity index (χ2v) is 8.17. The van der Waals surface area contributed by atoms with Crippen molar-refractivity contribution in [1.29, 1.82) is 0 Å². The summed E-state index contributed by atoms with van der Waals surface area (Å²) < 4.78 is 36.6. The van der Waals surface area contributed by atoms with E-state index in [1.54, 1.807) is 20.0 Å². The molecule has 1 aliphatic rings. The van der Waals surface area contributed by atoms with Crippen molar-refractivity contribution in [2.45, 2.75) is 19.4 Å². The molecule has 1 aromatic heterocycles. The van der Waals surface area contributed by atoms with Gasteiger partial charge in [-0.3, -0.25) is 9.78 Å². The van der Waals surface area contributed by atoms with Gasteiger partial charge in [0, 0.05) is 30.2 Å². The summed E-state index contributed by atoms with van der Waals surface area (Å²) in [5.74, 6) is -0.582. The van der Waals surface area contributed by atoms with Crippen LogP contribution in [0, 0.1) is 12.7 Å². The maximum absolute atomic E-state index is 13.4. The number of aromatic nitrogens is 1. The third-order valence-corrected chi connectivity index (χ3v) is 5.96. The third-order valence-electron chi connectivity index (χ3n) is 4.21. The smallest absolute Gasteiger partial charge is 0.254 e. The normalized spacial score (nSPS) is 19.9. The second-order valence-electron chi connectivity index (χ2n) is 5.95. The van der Waals surface area contributed by atoms with Crippen molar-refractivity contribution in [3.63, 3.8) is 0 Å². The molecule has 0 radical (unpaired) electrons. The van der Waals surface area contributed by atoms with Crippen LogP contribution in [0.2, 0.25) is 0 Å². The average Bonchev–Trinajstić information content (AvgIpc) is 2.84. The first kappa shape index (κ1) is 15.9. The zero-order valence-electron chi connectivity index (χ0n) is 12.9. The van der Waals surface area contributed by atoms with Gasteiger partial charge in [-0.25, -0.2) is 12.8 Å². The Labute approximate surface area is 134 Å². The summed E-state index contributed by atoms with van der Waals surface area (Å²) in [6.45, 7) is 1.74. The number of hydrogen-bond acceptors (Lipinski definition) is 4. The molecule has 0 N–H and O–H groups in total. The van der Waals surface area contributed by atoms with Crippen molar-refractivity contribution in [2.75, 3.05) is 18.6 Å². The summed E-state index contributed by atoms with van der Waals surface area (Å²) in [6, 6.07) is 5.44. The Balaban J connectivity index is 2.01. The number of amides is 1. The lowest BCUT2D eigenvalue weighted by atomic mass is 10.1. The Morgan fingerprint density at radius 3 is 2.74 bits per heavy atom. The summed E-state index contributed by atoms with van der Waals surface area (Å²) >= 11 is 0. The van der Waals surface area contributed by atoms with Crippen molar-refractivity contribution in [3.05, 3.63) is 41.3 Å². The summed E-state index contributed by atoms with van der Waals surface area (Å²) in [7, 11) is -1.46. The molecular formula is C16H17FN2O3S. The van der Waals surface area contributed by atoms with Crippen LogP contribution in [-0.4, -0.2) is 48.8 Å². The number of hydrogen-bond donors (Lipinski definition) is 0. The van der Waals surface area contributed by atoms with Gasteiger partial charge in [0.05, 0.1) is 22.6 Å². The predicted molar refractivity (Wildman–Crippen MR) is 85.6 cm³/mol. The molecule has 0 aliphatic carbocycles. The predicted octanol–water partition coefficient (Wildman–Crippen LogP) is 1.94. The quantitative estimate of drug-likeness (QED) is 0.840. The Bertz CT molecular complexity index is 890. The van der Waals surface area contributed by atoms with Gasteiger partial charge in [-0.1, -0.05) is 0 Å². The standard InChI is InChI=1S/C16H17FN2O3S/c1-10-7-14(13-4-3-11(17)8-15(13)18-10)16(20)19(2)12-5-6-23(21,22)9-12/h3-4,7-8,12H,5-6,9H2,1-2H3/t12-/m0/s1. The van der Waals surface area contributed by atoms with E-state index in [2.05, 4.69) is 4.98 Å². The first-order valence-electron chi connectivity index (χ1n) is 7.31. The fourth-order valence-corrected chi connectivity index (χ4v) is 4.72. The van der Waals surface area contributed by atoms with Gasteiger partial charge in [-0.2, -0.15) is 0 Å². The first-order chi connectivity index (χ1) is 10.8. The van der Waals surface area contributed by atoms with E-state index in [1.165, 1.54) is 23.1 Å². The van der Waals surface area contributed by atoms with Crippen LogP contribution in [0.5, 0.6) is 0 Å². The third kappa shape index (κ3) is 3.06. The van der Waals surface area contributed by atoms with Gasteiger partial charge in [-0.05, 0) is 31.5 Å². The van der Waals surface area contributed by atoms with Crippen LogP contribution in [-0.2, 0) is 9.84 Å². The van der Waals surface area contributed by atoms with Crippen LogP contribution < -0.4 is 0 Å². The lowest BCUT2D eigenvalue weighted by Gasteiger charge is -2.24. The SMILES string of the molecule is Cc1cc(C(=O)N(C)[C@H]2CCS(=O)(=O)C2)c2ccc(F)cc2n1. The van der Waals surface area contributed by atoms with Gasteiger partial charge in [-0.15, -0.1) is 0 Å². The second kappa shape index (κ2) is 5.56. The number of sulfone groups is 1. The van der Waals surface area contributed by atoms with Crippen molar-refractivity contribution in [1.82, 2.24) is 9.88 Å². The van der Waals surface area contributed by atoms with Crippen molar-refractivity contribution >= 4 is 26.6 Å². The zero-order valence-corrected chi connectivity index (χ0v) is 13.7. The summed E-state index contributed by atoms with van der Waals surface area (Å²) in [6.07, 6.45) is 0.446. The zero-order chi connectivity index (χ0) is 16.8. The number of halogens is 1. The van der Waals surface area contributed by atoms with E-state index < -0.39 is 15.7 Å². The lowest BCUT2D eigenvalue weighted by Crippen LogP contribution is -2.38. The van der Waals surface area contributed by atoms with Gasteiger partial charge in [0.2, 0.25) is 0 Å². The summed E-state index contributed by atoms with van der Waals surface area (Å²) in [5, 5.41) is 0.565. The summed E-state index contributed by atoms with van der Waals surface area (Å²) in [5.41, 5.74) is 1.44. The number of rotatable bonds is 2. The monoisotopic (exact) mass is 336 g/mol. The number of carbonyl (C=O) groups excluding carboxylic acids is 1. The van der Waals surface area contributed by atoms with E-state index in [9.17, 15) is 17.6 Å². The maximum Gasteiger partial charge on any atom is 0.254 e. The molecule has 1 saturated heterocycles. The molecule has 1 amide bonds. The summed E-state index contributed by atoms with van der Waals surface area (Å²) in [4.78, 5) is 18.5. The van der Waals surface area contributed by atoms with E-state index in [0.29, 0.717) is 28.6 Å². The molecule has 0 saturated carbocycles. The van der Waals surface area contributed by atoms with Crippen molar-refractivity contribution in [2.24, 2.45) is 0 Å². The molecule has 7 heteroatoms. The molecular weight excluding hydrogens is 319 g/mol. The van der Waals surface area contributed by atoms with E-state index in [-0.39, 0.29) is 23.5 Å². The minimum Gasteiger partial charge on any atom is -0.338 e. The van der Waals surface area contributed by atoms with Crippen LogP contribution >= 0.6 is 0 Å². The van der Waals surface area contributed by atoms with E-state index in [1.807, 2.05) is 0 Å². The molecule has 0 spiro atoms. The Kier molecular flexibility index (Phi) is 3.83. The van der Waals surface area contributed by atoms with Gasteiger partial charge in [0.15, 0.2) is 9.84 Å². The highest BCUT2D eigenvalue weighted by molar-refractivity contribution is 7.91. The van der Waals surface area contributed by atoms with Gasteiger partial charge >= 0.3 is 0 Å². The molecule has 1 aliphatic heterocycles. The number of nitrogens with zero attached hydrogens (tertiary/aromatic N) is 2. The highest BCUT2D eigenvalue weighted by atomic mass is 32.2. The van der Waals surface area contributed by atoms with Gasteiger partial charge in [0.25, 0.3) is 5.91 Å². The van der Waals surface area contributed by atoms with E-state index in [4.69, 9.17) is 0 Å². The first-order valence-corrected chi connectivity index (χ1v) is 9.13. The fraction of sp³-hybridized carbons (Fsp3) is 0.375. The Morgan fingerprint density at radius 1 is 1.35 bits per heavy atom. The van der Waals surface area contributed by atoms with E-state index >= 15 is 0 Å². The molecule has 2 aromatic rings. The minimum atomic E-state index is -3.07. The van der Waals surface area contributed by atoms with Gasteiger partial charge < -0.3 is 4.90 Å². The number of aryl methyl sites for hydroxylation is 1. The molecule has 1 aromatic carbocycles. The van der Waals surface area contributed by atoms with E-state index in [0.717, 1.165) is 0 Å².